The molecule has 166 valence electrons. The molecule has 4 N–H and O–H groups in total. The molecule has 11 heteroatoms. The van der Waals surface area contributed by atoms with E-state index in [9.17, 15) is 24.0 Å². The van der Waals surface area contributed by atoms with Gasteiger partial charge in [0.25, 0.3) is 17.4 Å². The monoisotopic (exact) mass is 439 g/mol. The average Bonchev–Trinajstić information content (AvgIpc) is 3.27. The highest BCUT2D eigenvalue weighted by atomic mass is 16.3. The molecule has 32 heavy (non-hydrogen) atoms. The van der Waals surface area contributed by atoms with E-state index in [-0.39, 0.29) is 37.0 Å². The number of anilines is 1. The van der Waals surface area contributed by atoms with Gasteiger partial charge < -0.3 is 25.4 Å². The number of nitrogens with one attached hydrogen (secondary N) is 4. The second-order valence-electron chi connectivity index (χ2n) is 6.75. The van der Waals surface area contributed by atoms with Gasteiger partial charge in [-0.3, -0.25) is 23.7 Å². The van der Waals surface area contributed by atoms with Gasteiger partial charge in [0, 0.05) is 37.5 Å². The number of amides is 3. The quantitative estimate of drug-likeness (QED) is 0.370. The van der Waals surface area contributed by atoms with Gasteiger partial charge in [-0.1, -0.05) is 0 Å². The van der Waals surface area contributed by atoms with E-state index in [2.05, 4.69) is 20.9 Å². The highest BCUT2D eigenvalue weighted by Gasteiger charge is 2.15. The summed E-state index contributed by atoms with van der Waals surface area (Å²) in [7, 11) is 0. The van der Waals surface area contributed by atoms with Gasteiger partial charge in [-0.15, -0.1) is 0 Å². The molecular weight excluding hydrogens is 418 g/mol. The van der Waals surface area contributed by atoms with Crippen LogP contribution in [0.4, 0.5) is 5.69 Å². The molecule has 3 amide bonds. The third-order valence-corrected chi connectivity index (χ3v) is 4.36. The van der Waals surface area contributed by atoms with Gasteiger partial charge in [-0.2, -0.15) is 0 Å². The van der Waals surface area contributed by atoms with Gasteiger partial charge in [0.1, 0.15) is 11.3 Å². The van der Waals surface area contributed by atoms with E-state index in [1.807, 2.05) is 0 Å². The second kappa shape index (κ2) is 10.1. The van der Waals surface area contributed by atoms with Gasteiger partial charge in [0.05, 0.1) is 12.8 Å². The molecule has 0 atom stereocenters. The van der Waals surface area contributed by atoms with Gasteiger partial charge in [0.2, 0.25) is 5.91 Å². The van der Waals surface area contributed by atoms with E-state index in [1.165, 1.54) is 13.2 Å². The van der Waals surface area contributed by atoms with E-state index in [0.717, 1.165) is 10.8 Å². The molecule has 0 bridgehead atoms. The summed E-state index contributed by atoms with van der Waals surface area (Å²) in [5, 5.41) is 7.76. The van der Waals surface area contributed by atoms with Crippen molar-refractivity contribution in [3.63, 3.8) is 0 Å². The first-order valence-corrected chi connectivity index (χ1v) is 9.64. The summed E-state index contributed by atoms with van der Waals surface area (Å²) in [6.45, 7) is 1.45. The molecule has 3 aromatic rings. The number of hydrogen-bond acceptors (Lipinski definition) is 6. The van der Waals surface area contributed by atoms with Crippen molar-refractivity contribution in [1.29, 1.82) is 0 Å². The maximum atomic E-state index is 12.5. The van der Waals surface area contributed by atoms with Crippen LogP contribution in [0.15, 0.2) is 62.9 Å². The molecule has 2 heterocycles. The summed E-state index contributed by atoms with van der Waals surface area (Å²) in [4.78, 5) is 62.4. The molecule has 0 unspecified atom stereocenters. The van der Waals surface area contributed by atoms with Crippen LogP contribution in [0.2, 0.25) is 0 Å². The summed E-state index contributed by atoms with van der Waals surface area (Å²) >= 11 is 0. The normalized spacial score (nSPS) is 10.4. The third kappa shape index (κ3) is 5.59. The molecule has 2 aromatic heterocycles. The zero-order valence-electron chi connectivity index (χ0n) is 17.1. The molecule has 0 saturated carbocycles. The van der Waals surface area contributed by atoms with E-state index >= 15 is 0 Å². The first kappa shape index (κ1) is 22.3. The number of carbonyl (C=O) groups excluding carboxylic acids is 3. The van der Waals surface area contributed by atoms with Crippen LogP contribution >= 0.6 is 0 Å². The Morgan fingerprint density at radius 2 is 1.69 bits per heavy atom. The minimum Gasteiger partial charge on any atom is -0.467 e. The number of carbonyl (C=O) groups is 3. The molecule has 3 rings (SSSR count). The van der Waals surface area contributed by atoms with Crippen molar-refractivity contribution in [3.05, 3.63) is 86.6 Å². The molecule has 0 spiro atoms. The summed E-state index contributed by atoms with van der Waals surface area (Å²) in [5.41, 5.74) is -0.714. The van der Waals surface area contributed by atoms with Crippen LogP contribution in [0.3, 0.4) is 0 Å². The molecule has 0 aliphatic carbocycles. The predicted molar refractivity (Wildman–Crippen MR) is 115 cm³/mol. The first-order chi connectivity index (χ1) is 15.3. The van der Waals surface area contributed by atoms with Crippen LogP contribution in [0.1, 0.15) is 33.4 Å². The zero-order chi connectivity index (χ0) is 23.1. The van der Waals surface area contributed by atoms with Crippen LogP contribution in [0.25, 0.3) is 0 Å². The summed E-state index contributed by atoms with van der Waals surface area (Å²) in [5.74, 6) is -0.872. The van der Waals surface area contributed by atoms with Gasteiger partial charge in [-0.25, -0.2) is 4.79 Å². The summed E-state index contributed by atoms with van der Waals surface area (Å²) in [6.07, 6.45) is 2.46. The number of furan rings is 1. The summed E-state index contributed by atoms with van der Waals surface area (Å²) < 4.78 is 6.00. The zero-order valence-corrected chi connectivity index (χ0v) is 17.1. The lowest BCUT2D eigenvalue weighted by molar-refractivity contribution is -0.114. The van der Waals surface area contributed by atoms with Crippen molar-refractivity contribution in [1.82, 2.24) is 20.2 Å². The SMILES string of the molecule is CC(=O)Nc1ccc(C(=O)NCCNC(=O)c2c[nH]c(=O)n(Cc3ccco3)c2=O)cc1. The molecule has 0 aliphatic heterocycles. The van der Waals surface area contributed by atoms with Crippen molar-refractivity contribution in [3.8, 4) is 0 Å². The number of benzene rings is 1. The van der Waals surface area contributed by atoms with Crippen molar-refractivity contribution >= 4 is 23.4 Å². The molecule has 0 fully saturated rings. The smallest absolute Gasteiger partial charge is 0.328 e. The van der Waals surface area contributed by atoms with Gasteiger partial charge >= 0.3 is 5.69 Å². The largest absolute Gasteiger partial charge is 0.467 e. The molecule has 1 aromatic carbocycles. The Balaban J connectivity index is 1.54. The number of nitrogens with zero attached hydrogens (tertiary/aromatic N) is 1. The lowest BCUT2D eigenvalue weighted by Crippen LogP contribution is -2.42. The van der Waals surface area contributed by atoms with Crippen LogP contribution in [-0.4, -0.2) is 40.4 Å². The Morgan fingerprint density at radius 1 is 1.00 bits per heavy atom. The van der Waals surface area contributed by atoms with Crippen LogP contribution < -0.4 is 27.2 Å². The van der Waals surface area contributed by atoms with Crippen molar-refractivity contribution in [2.45, 2.75) is 13.5 Å². The van der Waals surface area contributed by atoms with E-state index in [4.69, 9.17) is 4.42 Å². The van der Waals surface area contributed by atoms with E-state index in [0.29, 0.717) is 17.0 Å². The van der Waals surface area contributed by atoms with Crippen LogP contribution in [0.5, 0.6) is 0 Å². The number of aromatic amines is 1. The molecule has 0 saturated heterocycles. The molecular formula is C21H21N5O6. The lowest BCUT2D eigenvalue weighted by atomic mass is 10.2. The Morgan fingerprint density at radius 3 is 2.31 bits per heavy atom. The molecule has 0 radical (unpaired) electrons. The Kier molecular flexibility index (Phi) is 7.01. The fourth-order valence-corrected chi connectivity index (χ4v) is 2.83. The number of rotatable bonds is 8. The first-order valence-electron chi connectivity index (χ1n) is 9.64. The summed E-state index contributed by atoms with van der Waals surface area (Å²) in [6, 6.07) is 9.54. The highest BCUT2D eigenvalue weighted by Crippen LogP contribution is 2.09. The fourth-order valence-electron chi connectivity index (χ4n) is 2.83. The van der Waals surface area contributed by atoms with Crippen molar-refractivity contribution in [2.24, 2.45) is 0 Å². The van der Waals surface area contributed by atoms with Crippen LogP contribution in [0, 0.1) is 0 Å². The minimum absolute atomic E-state index is 0.0608. The third-order valence-electron chi connectivity index (χ3n) is 4.36. The van der Waals surface area contributed by atoms with Gasteiger partial charge in [0.15, 0.2) is 0 Å². The minimum atomic E-state index is -0.758. The predicted octanol–water partition coefficient (Wildman–Crippen LogP) is 0.296. The van der Waals surface area contributed by atoms with E-state index in [1.54, 1.807) is 36.4 Å². The van der Waals surface area contributed by atoms with Crippen molar-refractivity contribution < 1.29 is 18.8 Å². The maximum Gasteiger partial charge on any atom is 0.328 e. The molecule has 11 nitrogen and oxygen atoms in total. The fraction of sp³-hybridized carbons (Fsp3) is 0.190. The van der Waals surface area contributed by atoms with E-state index < -0.39 is 17.2 Å². The topological polar surface area (TPSA) is 155 Å². The standard InChI is InChI=1S/C21H21N5O6/c1-13(27)25-15-6-4-14(5-7-15)18(28)22-8-9-23-19(29)17-11-24-21(31)26(20(17)30)12-16-3-2-10-32-16/h2-7,10-11H,8-9,12H2,1H3,(H,22,28)(H,23,29)(H,24,31)(H,25,27). The highest BCUT2D eigenvalue weighted by molar-refractivity contribution is 5.96. The number of hydrogen-bond donors (Lipinski definition) is 4. The van der Waals surface area contributed by atoms with Gasteiger partial charge in [-0.05, 0) is 36.4 Å². The average molecular weight is 439 g/mol. The Labute approximate surface area is 181 Å². The van der Waals surface area contributed by atoms with Crippen LogP contribution in [-0.2, 0) is 11.3 Å². The molecule has 0 aliphatic rings. The second-order valence-corrected chi connectivity index (χ2v) is 6.75. The number of aromatic nitrogens is 2. The maximum absolute atomic E-state index is 12.5. The van der Waals surface area contributed by atoms with Crippen molar-refractivity contribution in [2.75, 3.05) is 18.4 Å². The Bertz CT molecular complexity index is 1220. The Hall–Kier alpha value is -4.41. The lowest BCUT2D eigenvalue weighted by Gasteiger charge is -2.09. The number of H-pyrrole nitrogens is 1.